The maximum atomic E-state index is 14.0. The van der Waals surface area contributed by atoms with Gasteiger partial charge in [0.25, 0.3) is 15.9 Å². The zero-order valence-electron chi connectivity index (χ0n) is 17.5. The first-order valence-electron chi connectivity index (χ1n) is 10.0. The Morgan fingerprint density at radius 2 is 1.73 bits per heavy atom. The van der Waals surface area contributed by atoms with E-state index in [1.165, 1.54) is 48.5 Å². The molecule has 3 aromatic carbocycles. The predicted molar refractivity (Wildman–Crippen MR) is 117 cm³/mol. The molecular formula is C23H20F2N2O5S. The molecule has 1 aliphatic rings. The van der Waals surface area contributed by atoms with Crippen LogP contribution in [-0.4, -0.2) is 27.5 Å². The van der Waals surface area contributed by atoms with Gasteiger partial charge in [0.05, 0.1) is 10.9 Å². The van der Waals surface area contributed by atoms with Gasteiger partial charge in [0, 0.05) is 28.9 Å². The molecular weight excluding hydrogens is 454 g/mol. The van der Waals surface area contributed by atoms with Crippen LogP contribution < -0.4 is 19.5 Å². The van der Waals surface area contributed by atoms with E-state index in [0.717, 1.165) is 12.1 Å². The number of nitrogens with one attached hydrogen (secondary N) is 2. The molecule has 0 saturated heterocycles. The van der Waals surface area contributed by atoms with Crippen LogP contribution in [-0.2, 0) is 10.0 Å². The number of ether oxygens (including phenoxy) is 2. The molecule has 1 amide bonds. The minimum atomic E-state index is -3.97. The fraction of sp³-hybridized carbons (Fsp3) is 0.174. The topological polar surface area (TPSA) is 93.7 Å². The molecule has 1 heterocycles. The Morgan fingerprint density at radius 3 is 2.48 bits per heavy atom. The number of fused-ring (bicyclic) bond motifs is 1. The van der Waals surface area contributed by atoms with Gasteiger partial charge in [-0.25, -0.2) is 17.2 Å². The predicted octanol–water partition coefficient (Wildman–Crippen LogP) is 4.03. The van der Waals surface area contributed by atoms with E-state index < -0.39 is 33.6 Å². The van der Waals surface area contributed by atoms with Gasteiger partial charge in [-0.3, -0.25) is 9.52 Å². The fourth-order valence-corrected chi connectivity index (χ4v) is 4.40. The van der Waals surface area contributed by atoms with E-state index in [9.17, 15) is 22.0 Å². The standard InChI is InChI=1S/C23H20F2N2O5S/c1-14(19-7-5-16(24)12-20(19)25)26-23(28)15-3-2-4-17(11-15)27-33(29,30)18-6-8-21-22(13-18)32-10-9-31-21/h2-8,11-14,27H,9-10H2,1H3,(H,26,28). The third-order valence-corrected chi connectivity index (χ3v) is 6.36. The number of anilines is 1. The lowest BCUT2D eigenvalue weighted by Gasteiger charge is -2.19. The highest BCUT2D eigenvalue weighted by Gasteiger charge is 2.21. The summed E-state index contributed by atoms with van der Waals surface area (Å²) < 4.78 is 66.0. The van der Waals surface area contributed by atoms with Crippen molar-refractivity contribution in [1.29, 1.82) is 0 Å². The molecule has 0 aliphatic carbocycles. The van der Waals surface area contributed by atoms with Crippen LogP contribution in [0.3, 0.4) is 0 Å². The molecule has 4 rings (SSSR count). The zero-order chi connectivity index (χ0) is 23.6. The summed E-state index contributed by atoms with van der Waals surface area (Å²) in [5.74, 6) is -1.24. The van der Waals surface area contributed by atoms with Crippen LogP contribution >= 0.6 is 0 Å². The summed E-state index contributed by atoms with van der Waals surface area (Å²) in [5, 5.41) is 2.62. The third kappa shape index (κ3) is 5.06. The largest absolute Gasteiger partial charge is 0.486 e. The molecule has 1 unspecified atom stereocenters. The second-order valence-electron chi connectivity index (χ2n) is 7.35. The summed E-state index contributed by atoms with van der Waals surface area (Å²) in [4.78, 5) is 12.6. The average Bonchev–Trinajstić information content (AvgIpc) is 2.78. The molecule has 0 saturated carbocycles. The molecule has 2 N–H and O–H groups in total. The summed E-state index contributed by atoms with van der Waals surface area (Å²) in [6.07, 6.45) is 0. The van der Waals surface area contributed by atoms with Crippen LogP contribution in [0.4, 0.5) is 14.5 Å². The molecule has 0 fully saturated rings. The maximum absolute atomic E-state index is 14.0. The smallest absolute Gasteiger partial charge is 0.262 e. The summed E-state index contributed by atoms with van der Waals surface area (Å²) in [7, 11) is -3.97. The second kappa shape index (κ2) is 9.07. The van der Waals surface area contributed by atoms with E-state index in [-0.39, 0.29) is 21.7 Å². The van der Waals surface area contributed by atoms with E-state index in [0.29, 0.717) is 24.7 Å². The van der Waals surface area contributed by atoms with Gasteiger partial charge in [0.15, 0.2) is 11.5 Å². The molecule has 0 spiro atoms. The number of benzene rings is 3. The highest BCUT2D eigenvalue weighted by molar-refractivity contribution is 7.92. The first-order chi connectivity index (χ1) is 15.7. The molecule has 33 heavy (non-hydrogen) atoms. The molecule has 1 aliphatic heterocycles. The van der Waals surface area contributed by atoms with Gasteiger partial charge >= 0.3 is 0 Å². The molecule has 3 aromatic rings. The van der Waals surface area contributed by atoms with E-state index in [2.05, 4.69) is 10.0 Å². The number of hydrogen-bond acceptors (Lipinski definition) is 5. The Kier molecular flexibility index (Phi) is 6.19. The fourth-order valence-electron chi connectivity index (χ4n) is 3.34. The number of halogens is 2. The van der Waals surface area contributed by atoms with Crippen molar-refractivity contribution in [3.63, 3.8) is 0 Å². The highest BCUT2D eigenvalue weighted by Crippen LogP contribution is 2.32. The average molecular weight is 474 g/mol. The summed E-state index contributed by atoms with van der Waals surface area (Å²) >= 11 is 0. The van der Waals surface area contributed by atoms with Gasteiger partial charge in [-0.05, 0) is 43.3 Å². The highest BCUT2D eigenvalue weighted by atomic mass is 32.2. The Balaban J connectivity index is 1.49. The van der Waals surface area contributed by atoms with E-state index in [4.69, 9.17) is 9.47 Å². The van der Waals surface area contributed by atoms with Crippen molar-refractivity contribution in [2.75, 3.05) is 17.9 Å². The summed E-state index contributed by atoms with van der Waals surface area (Å²) in [5.41, 5.74) is 0.449. The number of carbonyl (C=O) groups excluding carboxylic acids is 1. The molecule has 172 valence electrons. The lowest BCUT2D eigenvalue weighted by molar-refractivity contribution is 0.0939. The molecule has 10 heteroatoms. The lowest BCUT2D eigenvalue weighted by Crippen LogP contribution is -2.27. The van der Waals surface area contributed by atoms with Gasteiger partial charge in [-0.1, -0.05) is 12.1 Å². The Bertz CT molecular complexity index is 1310. The quantitative estimate of drug-likeness (QED) is 0.563. The van der Waals surface area contributed by atoms with Crippen LogP contribution in [0.1, 0.15) is 28.9 Å². The van der Waals surface area contributed by atoms with Crippen molar-refractivity contribution in [1.82, 2.24) is 5.32 Å². The monoisotopic (exact) mass is 474 g/mol. The normalized spacial score (nSPS) is 13.8. The van der Waals surface area contributed by atoms with Crippen LogP contribution in [0.5, 0.6) is 11.5 Å². The first-order valence-corrected chi connectivity index (χ1v) is 11.5. The zero-order valence-corrected chi connectivity index (χ0v) is 18.3. The molecule has 1 atom stereocenters. The van der Waals surface area contributed by atoms with Crippen molar-refractivity contribution in [2.24, 2.45) is 0 Å². The number of amides is 1. The van der Waals surface area contributed by atoms with Crippen LogP contribution in [0.25, 0.3) is 0 Å². The second-order valence-corrected chi connectivity index (χ2v) is 9.04. The van der Waals surface area contributed by atoms with E-state index >= 15 is 0 Å². The Labute approximate surface area is 189 Å². The minimum absolute atomic E-state index is 0.0259. The molecule has 0 aromatic heterocycles. The minimum Gasteiger partial charge on any atom is -0.486 e. The number of hydrogen-bond donors (Lipinski definition) is 2. The van der Waals surface area contributed by atoms with Gasteiger partial charge in [0.1, 0.15) is 24.8 Å². The first kappa shape index (κ1) is 22.5. The van der Waals surface area contributed by atoms with Gasteiger partial charge in [-0.2, -0.15) is 0 Å². The van der Waals surface area contributed by atoms with Crippen molar-refractivity contribution in [3.05, 3.63) is 83.4 Å². The Morgan fingerprint density at radius 1 is 0.970 bits per heavy atom. The van der Waals surface area contributed by atoms with Crippen molar-refractivity contribution in [3.8, 4) is 11.5 Å². The van der Waals surface area contributed by atoms with Gasteiger partial charge < -0.3 is 14.8 Å². The third-order valence-electron chi connectivity index (χ3n) is 4.98. The number of carbonyl (C=O) groups is 1. The van der Waals surface area contributed by atoms with Crippen LogP contribution in [0.2, 0.25) is 0 Å². The molecule has 0 bridgehead atoms. The molecule has 0 radical (unpaired) electrons. The Hall–Kier alpha value is -3.66. The van der Waals surface area contributed by atoms with Gasteiger partial charge in [-0.15, -0.1) is 0 Å². The lowest BCUT2D eigenvalue weighted by atomic mass is 10.1. The SMILES string of the molecule is CC(NC(=O)c1cccc(NS(=O)(=O)c2ccc3c(c2)OCCO3)c1)c1ccc(F)cc1F. The van der Waals surface area contributed by atoms with Crippen LogP contribution in [0.15, 0.2) is 65.6 Å². The van der Waals surface area contributed by atoms with E-state index in [1.54, 1.807) is 6.92 Å². The van der Waals surface area contributed by atoms with E-state index in [1.807, 2.05) is 0 Å². The van der Waals surface area contributed by atoms with Gasteiger partial charge in [0.2, 0.25) is 0 Å². The van der Waals surface area contributed by atoms with Crippen molar-refractivity contribution in [2.45, 2.75) is 17.9 Å². The molecule has 7 nitrogen and oxygen atoms in total. The summed E-state index contributed by atoms with van der Waals surface area (Å²) in [6, 6.07) is 12.5. The number of sulfonamides is 1. The van der Waals surface area contributed by atoms with Crippen molar-refractivity contribution < 1.29 is 31.5 Å². The summed E-state index contributed by atoms with van der Waals surface area (Å²) in [6.45, 7) is 2.27. The van der Waals surface area contributed by atoms with Crippen LogP contribution in [0, 0.1) is 11.6 Å². The maximum Gasteiger partial charge on any atom is 0.262 e. The van der Waals surface area contributed by atoms with Crippen molar-refractivity contribution >= 4 is 21.6 Å². The number of rotatable bonds is 6.